The summed E-state index contributed by atoms with van der Waals surface area (Å²) >= 11 is 0.789. The monoisotopic (exact) mass is 576 g/mol. The lowest BCUT2D eigenvalue weighted by Crippen LogP contribution is -2.16. The van der Waals surface area contributed by atoms with Gasteiger partial charge in [0.2, 0.25) is 9.84 Å². The van der Waals surface area contributed by atoms with E-state index in [1.54, 1.807) is 30.3 Å². The first-order chi connectivity index (χ1) is 17.9. The first-order valence-electron chi connectivity index (χ1n) is 11.2. The van der Waals surface area contributed by atoms with Crippen molar-refractivity contribution in [2.75, 3.05) is 11.3 Å². The topological polar surface area (TPSA) is 92.7 Å². The van der Waals surface area contributed by atoms with Gasteiger partial charge in [-0.3, -0.25) is 9.71 Å². The second kappa shape index (κ2) is 9.68. The zero-order valence-corrected chi connectivity index (χ0v) is 21.9. The van der Waals surface area contributed by atoms with Gasteiger partial charge in [-0.15, -0.1) is 11.3 Å². The van der Waals surface area contributed by atoms with E-state index in [1.807, 2.05) is 0 Å². The van der Waals surface area contributed by atoms with Gasteiger partial charge in [0.25, 0.3) is 10.0 Å². The molecule has 38 heavy (non-hydrogen) atoms. The van der Waals surface area contributed by atoms with E-state index in [4.69, 9.17) is 0 Å². The van der Waals surface area contributed by atoms with Crippen molar-refractivity contribution in [3.63, 3.8) is 0 Å². The number of hydrogen-bond donors (Lipinski definition) is 1. The quantitative estimate of drug-likeness (QED) is 0.314. The van der Waals surface area contributed by atoms with Crippen molar-refractivity contribution in [2.45, 2.75) is 26.6 Å². The predicted molar refractivity (Wildman–Crippen MR) is 139 cm³/mol. The fourth-order valence-electron chi connectivity index (χ4n) is 4.05. The van der Waals surface area contributed by atoms with Crippen LogP contribution in [0.5, 0.6) is 0 Å². The first-order valence-corrected chi connectivity index (χ1v) is 15.1. The molecule has 0 spiro atoms. The van der Waals surface area contributed by atoms with E-state index < -0.39 is 31.6 Å². The summed E-state index contributed by atoms with van der Waals surface area (Å²) in [6.45, 7) is 0.338. The van der Waals surface area contributed by atoms with Crippen molar-refractivity contribution in [1.29, 1.82) is 0 Å². The fourth-order valence-corrected chi connectivity index (χ4v) is 8.01. The third-order valence-electron chi connectivity index (χ3n) is 5.93. The number of rotatable bonds is 6. The van der Waals surface area contributed by atoms with Gasteiger partial charge in [0.15, 0.2) is 0 Å². The minimum atomic E-state index is -4.43. The Morgan fingerprint density at radius 2 is 1.55 bits per heavy atom. The van der Waals surface area contributed by atoms with Crippen LogP contribution in [0.25, 0.3) is 0 Å². The zero-order chi connectivity index (χ0) is 27.1. The van der Waals surface area contributed by atoms with Gasteiger partial charge in [-0.05, 0) is 54.4 Å². The summed E-state index contributed by atoms with van der Waals surface area (Å²) in [6, 6.07) is 18.7. The number of fused-ring (bicyclic) bond motifs is 1. The molecule has 0 unspecified atom stereocenters. The minimum Gasteiger partial charge on any atom is -0.284 e. The summed E-state index contributed by atoms with van der Waals surface area (Å²) in [5, 5.41) is 1.28. The predicted octanol–water partition coefficient (Wildman–Crippen LogP) is 5.79. The van der Waals surface area contributed by atoms with E-state index in [9.17, 15) is 30.0 Å². The van der Waals surface area contributed by atoms with Crippen molar-refractivity contribution in [3.8, 4) is 0 Å². The molecule has 0 amide bonds. The number of anilines is 1. The average molecular weight is 577 g/mol. The van der Waals surface area contributed by atoms with Crippen LogP contribution in [0.3, 0.4) is 0 Å². The Morgan fingerprint density at radius 1 is 0.842 bits per heavy atom. The summed E-state index contributed by atoms with van der Waals surface area (Å²) in [7, 11) is -7.93. The summed E-state index contributed by atoms with van der Waals surface area (Å²) in [5.41, 5.74) is 1.83. The molecule has 0 saturated carbocycles. The highest BCUT2D eigenvalue weighted by Gasteiger charge is 2.32. The molecule has 12 heteroatoms. The van der Waals surface area contributed by atoms with Gasteiger partial charge in [0.1, 0.15) is 4.21 Å². The molecule has 6 nitrogen and oxygen atoms in total. The smallest absolute Gasteiger partial charge is 0.284 e. The van der Waals surface area contributed by atoms with Crippen molar-refractivity contribution >= 4 is 42.6 Å². The van der Waals surface area contributed by atoms with Crippen molar-refractivity contribution in [3.05, 3.63) is 106 Å². The molecule has 1 aliphatic rings. The number of aliphatic imine (C=N–C) groups is 1. The Kier molecular flexibility index (Phi) is 6.66. The molecule has 0 radical (unpaired) electrons. The van der Waals surface area contributed by atoms with Gasteiger partial charge in [0, 0.05) is 28.7 Å². The number of halogens is 3. The van der Waals surface area contributed by atoms with E-state index in [-0.39, 0.29) is 19.7 Å². The van der Waals surface area contributed by atoms with E-state index in [2.05, 4.69) is 9.71 Å². The summed E-state index contributed by atoms with van der Waals surface area (Å²) < 4.78 is 93.0. The molecule has 0 saturated heterocycles. The van der Waals surface area contributed by atoms with Gasteiger partial charge >= 0.3 is 6.18 Å². The van der Waals surface area contributed by atoms with Crippen LogP contribution >= 0.6 is 11.3 Å². The molecule has 196 valence electrons. The highest BCUT2D eigenvalue weighted by molar-refractivity contribution is 7.95. The number of hydrogen-bond acceptors (Lipinski definition) is 6. The number of alkyl halides is 3. The third-order valence-corrected chi connectivity index (χ3v) is 10.6. The van der Waals surface area contributed by atoms with Crippen molar-refractivity contribution in [1.82, 2.24) is 0 Å². The van der Waals surface area contributed by atoms with Gasteiger partial charge in [0.05, 0.1) is 21.1 Å². The third kappa shape index (κ3) is 5.11. The van der Waals surface area contributed by atoms with Crippen LogP contribution in [0, 0.1) is 0 Å². The molecule has 0 atom stereocenters. The van der Waals surface area contributed by atoms with Crippen LogP contribution in [-0.2, 0) is 32.5 Å². The lowest BCUT2D eigenvalue weighted by Gasteiger charge is -2.19. The Bertz CT molecular complexity index is 1750. The van der Waals surface area contributed by atoms with E-state index in [0.29, 0.717) is 35.4 Å². The number of sulfone groups is 1. The lowest BCUT2D eigenvalue weighted by atomic mass is 9.92. The maximum absolute atomic E-state index is 13.1. The summed E-state index contributed by atoms with van der Waals surface area (Å²) in [6.07, 6.45) is -4.04. The Morgan fingerprint density at radius 3 is 2.24 bits per heavy atom. The number of benzene rings is 3. The van der Waals surface area contributed by atoms with Gasteiger partial charge in [-0.25, -0.2) is 16.8 Å². The first kappa shape index (κ1) is 26.1. The molecule has 1 aliphatic heterocycles. The largest absolute Gasteiger partial charge is 0.416 e. The van der Waals surface area contributed by atoms with Crippen molar-refractivity contribution in [2.24, 2.45) is 4.99 Å². The highest BCUT2D eigenvalue weighted by Crippen LogP contribution is 2.33. The molecule has 1 N–H and O–H groups in total. The molecule has 0 aliphatic carbocycles. The van der Waals surface area contributed by atoms with Crippen LogP contribution in [0.4, 0.5) is 18.9 Å². The van der Waals surface area contributed by atoms with Crippen LogP contribution < -0.4 is 4.72 Å². The lowest BCUT2D eigenvalue weighted by molar-refractivity contribution is -0.137. The number of nitrogens with zero attached hydrogens (tertiary/aromatic N) is 1. The number of nitrogens with one attached hydrogen (secondary N) is 1. The SMILES string of the molecule is O=S(=O)(Nc1ccc(C2=NCCc3cc(C(F)(F)F)ccc32)cc1)c1cc(S(=O)(=O)c2ccccc2)cs1. The van der Waals surface area contributed by atoms with E-state index in [0.717, 1.165) is 29.5 Å². The summed E-state index contributed by atoms with van der Waals surface area (Å²) in [5.74, 6) is 0. The normalized spacial score (nSPS) is 14.0. The molecule has 3 aromatic carbocycles. The number of sulfonamides is 1. The maximum Gasteiger partial charge on any atom is 0.416 e. The molecule has 0 bridgehead atoms. The zero-order valence-electron chi connectivity index (χ0n) is 19.4. The minimum absolute atomic E-state index is 0.0622. The van der Waals surface area contributed by atoms with Crippen LogP contribution in [-0.4, -0.2) is 29.1 Å². The summed E-state index contributed by atoms with van der Waals surface area (Å²) in [4.78, 5) is 4.42. The molecule has 4 aromatic rings. The number of thiophene rings is 1. The molecule has 5 rings (SSSR count). The van der Waals surface area contributed by atoms with Crippen LogP contribution in [0.1, 0.15) is 22.3 Å². The molecular weight excluding hydrogens is 557 g/mol. The Balaban J connectivity index is 1.36. The Labute approximate surface area is 221 Å². The van der Waals surface area contributed by atoms with Gasteiger partial charge in [-0.2, -0.15) is 13.2 Å². The van der Waals surface area contributed by atoms with Gasteiger partial charge < -0.3 is 0 Å². The second-order valence-corrected chi connectivity index (χ2v) is 13.2. The maximum atomic E-state index is 13.1. The molecule has 2 heterocycles. The highest BCUT2D eigenvalue weighted by atomic mass is 32.2. The van der Waals surface area contributed by atoms with Gasteiger partial charge in [-0.1, -0.05) is 36.4 Å². The fraction of sp³-hybridized carbons (Fsp3) is 0.115. The molecular formula is C26H19F3N2O4S3. The van der Waals surface area contributed by atoms with E-state index >= 15 is 0 Å². The average Bonchev–Trinajstić information content (AvgIpc) is 3.41. The standard InChI is InChI=1S/C26H19F3N2O4S3/c27-26(28,29)19-8-11-23-18(14-19)12-13-30-25(23)17-6-9-20(10-7-17)31-38(34,35)24-15-22(16-36-24)37(32,33)21-4-2-1-3-5-21/h1-11,14-16,31H,12-13H2. The second-order valence-electron chi connectivity index (χ2n) is 8.45. The molecule has 0 fully saturated rings. The van der Waals surface area contributed by atoms with Crippen molar-refractivity contribution < 1.29 is 30.0 Å². The molecule has 1 aromatic heterocycles. The Hall–Kier alpha value is -3.48. The van der Waals surface area contributed by atoms with Crippen LogP contribution in [0.2, 0.25) is 0 Å². The van der Waals surface area contributed by atoms with Crippen LogP contribution in [0.15, 0.2) is 103 Å². The van der Waals surface area contributed by atoms with E-state index in [1.165, 1.54) is 35.7 Å².